The van der Waals surface area contributed by atoms with Gasteiger partial charge in [0.25, 0.3) is 0 Å². The van der Waals surface area contributed by atoms with E-state index in [-0.39, 0.29) is 23.3 Å². The highest BCUT2D eigenvalue weighted by molar-refractivity contribution is 6.30. The minimum Gasteiger partial charge on any atom is -0.338 e. The number of nitrogens with zero attached hydrogens (tertiary/aromatic N) is 2. The molecule has 2 aromatic rings. The quantitative estimate of drug-likeness (QED) is 0.903. The molecule has 6 nitrogen and oxygen atoms in total. The van der Waals surface area contributed by atoms with Gasteiger partial charge in [0.2, 0.25) is 11.8 Å². The standard InChI is InChI=1S/C15H14ClFN4O2/c1-21-13(22)7-9(15(23)19-12-4-5-18-20-12)14(21)8-2-3-10(16)11(17)6-8/h2-6,9,14H,7H2,1H3,(H2,18,19,20,23)/t9-,14+/m0/s1. The number of hydrogen-bond donors (Lipinski definition) is 2. The van der Waals surface area contributed by atoms with Gasteiger partial charge in [-0.25, -0.2) is 4.39 Å². The predicted octanol–water partition coefficient (Wildman–Crippen LogP) is 2.36. The van der Waals surface area contributed by atoms with Crippen molar-refractivity contribution >= 4 is 29.2 Å². The highest BCUT2D eigenvalue weighted by Crippen LogP contribution is 2.38. The first-order chi connectivity index (χ1) is 11.0. The SMILES string of the molecule is CN1C(=O)C[C@H](C(=O)Nc2ccn[nH]2)[C@H]1c1ccc(Cl)c(F)c1. The second-order valence-corrected chi connectivity index (χ2v) is 5.80. The van der Waals surface area contributed by atoms with Crippen LogP contribution in [-0.2, 0) is 9.59 Å². The van der Waals surface area contributed by atoms with Crippen LogP contribution >= 0.6 is 11.6 Å². The van der Waals surface area contributed by atoms with Crippen molar-refractivity contribution in [2.24, 2.45) is 5.92 Å². The van der Waals surface area contributed by atoms with Gasteiger partial charge in [-0.15, -0.1) is 0 Å². The maximum absolute atomic E-state index is 13.7. The molecule has 1 saturated heterocycles. The van der Waals surface area contributed by atoms with Crippen LogP contribution in [0.4, 0.5) is 10.2 Å². The van der Waals surface area contributed by atoms with Crippen LogP contribution < -0.4 is 5.32 Å². The summed E-state index contributed by atoms with van der Waals surface area (Å²) in [7, 11) is 1.60. The molecule has 0 saturated carbocycles. The van der Waals surface area contributed by atoms with E-state index in [1.54, 1.807) is 19.2 Å². The molecule has 3 rings (SSSR count). The lowest BCUT2D eigenvalue weighted by molar-refractivity contribution is -0.128. The minimum atomic E-state index is -0.628. The average Bonchev–Trinajstić information content (AvgIpc) is 3.11. The zero-order valence-electron chi connectivity index (χ0n) is 12.2. The van der Waals surface area contributed by atoms with Crippen LogP contribution in [0.3, 0.4) is 0 Å². The second kappa shape index (κ2) is 6.00. The third-order valence-electron chi connectivity index (χ3n) is 3.97. The lowest BCUT2D eigenvalue weighted by atomic mass is 9.93. The number of rotatable bonds is 3. The van der Waals surface area contributed by atoms with E-state index in [9.17, 15) is 14.0 Å². The summed E-state index contributed by atoms with van der Waals surface area (Å²) in [5, 5.41) is 9.05. The van der Waals surface area contributed by atoms with Crippen LogP contribution in [0.5, 0.6) is 0 Å². The van der Waals surface area contributed by atoms with E-state index < -0.39 is 17.8 Å². The van der Waals surface area contributed by atoms with Crippen LogP contribution in [0.25, 0.3) is 0 Å². The second-order valence-electron chi connectivity index (χ2n) is 5.39. The van der Waals surface area contributed by atoms with E-state index >= 15 is 0 Å². The summed E-state index contributed by atoms with van der Waals surface area (Å²) in [6.07, 6.45) is 1.57. The topological polar surface area (TPSA) is 78.1 Å². The Hall–Kier alpha value is -2.41. The maximum Gasteiger partial charge on any atom is 0.231 e. The van der Waals surface area contributed by atoms with Gasteiger partial charge >= 0.3 is 0 Å². The van der Waals surface area contributed by atoms with E-state index in [0.29, 0.717) is 11.4 Å². The van der Waals surface area contributed by atoms with Gasteiger partial charge in [0.15, 0.2) is 0 Å². The lowest BCUT2D eigenvalue weighted by Gasteiger charge is -2.25. The number of carbonyl (C=O) groups excluding carboxylic acids is 2. The molecule has 1 aliphatic heterocycles. The molecule has 0 spiro atoms. The first-order valence-electron chi connectivity index (χ1n) is 6.98. The Morgan fingerprint density at radius 1 is 1.48 bits per heavy atom. The molecule has 2 heterocycles. The predicted molar refractivity (Wildman–Crippen MR) is 82.2 cm³/mol. The molecule has 2 N–H and O–H groups in total. The molecule has 1 aliphatic rings. The number of halogens is 2. The number of likely N-dealkylation sites (tertiary alicyclic amines) is 1. The summed E-state index contributed by atoms with van der Waals surface area (Å²) < 4.78 is 13.7. The smallest absolute Gasteiger partial charge is 0.231 e. The number of anilines is 1. The van der Waals surface area contributed by atoms with Crippen molar-refractivity contribution < 1.29 is 14.0 Å². The number of aromatic amines is 1. The van der Waals surface area contributed by atoms with Gasteiger partial charge in [0.1, 0.15) is 11.6 Å². The van der Waals surface area contributed by atoms with E-state index in [2.05, 4.69) is 15.5 Å². The van der Waals surface area contributed by atoms with Crippen LogP contribution in [0, 0.1) is 11.7 Å². The number of nitrogens with one attached hydrogen (secondary N) is 2. The minimum absolute atomic E-state index is 0.000752. The first kappa shape index (κ1) is 15.5. The lowest BCUT2D eigenvalue weighted by Crippen LogP contribution is -2.30. The van der Waals surface area contributed by atoms with Gasteiger partial charge in [-0.3, -0.25) is 14.7 Å². The first-order valence-corrected chi connectivity index (χ1v) is 7.36. The Labute approximate surface area is 136 Å². The van der Waals surface area contributed by atoms with Crippen molar-refractivity contribution in [2.75, 3.05) is 12.4 Å². The summed E-state index contributed by atoms with van der Waals surface area (Å²) in [6.45, 7) is 0. The van der Waals surface area contributed by atoms with Crippen molar-refractivity contribution in [3.63, 3.8) is 0 Å². The molecule has 0 radical (unpaired) electrons. The fourth-order valence-electron chi connectivity index (χ4n) is 2.81. The molecule has 0 aliphatic carbocycles. The molecule has 1 aromatic heterocycles. The molecule has 2 amide bonds. The number of amides is 2. The Morgan fingerprint density at radius 3 is 2.91 bits per heavy atom. The normalized spacial score (nSPS) is 20.8. The van der Waals surface area contributed by atoms with Gasteiger partial charge in [-0.05, 0) is 17.7 Å². The van der Waals surface area contributed by atoms with Gasteiger partial charge in [0, 0.05) is 19.5 Å². The van der Waals surface area contributed by atoms with Crippen LogP contribution in [-0.4, -0.2) is 34.0 Å². The Morgan fingerprint density at radius 2 is 2.26 bits per heavy atom. The fraction of sp³-hybridized carbons (Fsp3) is 0.267. The van der Waals surface area contributed by atoms with Crippen LogP contribution in [0.15, 0.2) is 30.5 Å². The Bertz CT molecular complexity index is 750. The largest absolute Gasteiger partial charge is 0.338 e. The molecule has 1 aromatic carbocycles. The highest BCUT2D eigenvalue weighted by atomic mass is 35.5. The summed E-state index contributed by atoms with van der Waals surface area (Å²) in [5.41, 5.74) is 0.532. The van der Waals surface area contributed by atoms with Crippen molar-refractivity contribution in [3.05, 3.63) is 46.9 Å². The monoisotopic (exact) mass is 336 g/mol. The Balaban J connectivity index is 1.89. The van der Waals surface area contributed by atoms with Crippen LogP contribution in [0.2, 0.25) is 5.02 Å². The highest BCUT2D eigenvalue weighted by Gasteiger charge is 2.43. The van der Waals surface area contributed by atoms with E-state index in [1.807, 2.05) is 0 Å². The van der Waals surface area contributed by atoms with Crippen molar-refractivity contribution in [1.29, 1.82) is 0 Å². The molecule has 2 atom stereocenters. The molecule has 1 fully saturated rings. The summed E-state index contributed by atoms with van der Waals surface area (Å²) in [4.78, 5) is 26.0. The molecule has 23 heavy (non-hydrogen) atoms. The third kappa shape index (κ3) is 2.92. The van der Waals surface area contributed by atoms with Gasteiger partial charge in [-0.2, -0.15) is 5.10 Å². The number of carbonyl (C=O) groups is 2. The summed E-state index contributed by atoms with van der Waals surface area (Å²) in [5.74, 6) is -1.26. The van der Waals surface area contributed by atoms with Crippen molar-refractivity contribution in [3.8, 4) is 0 Å². The van der Waals surface area contributed by atoms with Crippen molar-refractivity contribution in [1.82, 2.24) is 15.1 Å². The molecule has 8 heteroatoms. The van der Waals surface area contributed by atoms with E-state index in [4.69, 9.17) is 11.6 Å². The molecule has 0 unspecified atom stereocenters. The maximum atomic E-state index is 13.7. The average molecular weight is 337 g/mol. The number of H-pyrrole nitrogens is 1. The number of aromatic nitrogens is 2. The number of benzene rings is 1. The number of hydrogen-bond acceptors (Lipinski definition) is 3. The van der Waals surface area contributed by atoms with Gasteiger partial charge in [0.05, 0.1) is 23.2 Å². The molecular formula is C15H14ClFN4O2. The van der Waals surface area contributed by atoms with Crippen molar-refractivity contribution in [2.45, 2.75) is 12.5 Å². The molecule has 0 bridgehead atoms. The third-order valence-corrected chi connectivity index (χ3v) is 4.27. The van der Waals surface area contributed by atoms with Gasteiger partial charge < -0.3 is 10.2 Å². The zero-order valence-corrected chi connectivity index (χ0v) is 13.0. The summed E-state index contributed by atoms with van der Waals surface area (Å²) in [6, 6.07) is 5.37. The van der Waals surface area contributed by atoms with E-state index in [0.717, 1.165) is 0 Å². The fourth-order valence-corrected chi connectivity index (χ4v) is 2.93. The van der Waals surface area contributed by atoms with E-state index in [1.165, 1.54) is 23.2 Å². The van der Waals surface area contributed by atoms with Crippen LogP contribution in [0.1, 0.15) is 18.0 Å². The molecular weight excluding hydrogens is 323 g/mol. The molecule has 120 valence electrons. The van der Waals surface area contributed by atoms with Gasteiger partial charge in [-0.1, -0.05) is 17.7 Å². The Kier molecular flexibility index (Phi) is 4.04. The zero-order chi connectivity index (χ0) is 16.6. The summed E-state index contributed by atoms with van der Waals surface area (Å²) >= 11 is 5.70.